The van der Waals surface area contributed by atoms with Gasteiger partial charge in [0.05, 0.1) is 10.2 Å². The van der Waals surface area contributed by atoms with Crippen LogP contribution in [0.15, 0.2) is 24.5 Å². The molecule has 0 aliphatic rings. The summed E-state index contributed by atoms with van der Waals surface area (Å²) in [6.45, 7) is 5.66. The van der Waals surface area contributed by atoms with E-state index >= 15 is 0 Å². The van der Waals surface area contributed by atoms with Crippen molar-refractivity contribution in [1.82, 2.24) is 19.4 Å². The Balaban J connectivity index is 2.00. The zero-order chi connectivity index (χ0) is 18.8. The first-order valence-corrected chi connectivity index (χ1v) is 9.51. The lowest BCUT2D eigenvalue weighted by Gasteiger charge is -2.20. The number of hydrogen-bond donors (Lipinski definition) is 0. The summed E-state index contributed by atoms with van der Waals surface area (Å²) >= 11 is 1.58. The van der Waals surface area contributed by atoms with Gasteiger partial charge in [-0.15, -0.1) is 0 Å². The van der Waals surface area contributed by atoms with Crippen molar-refractivity contribution in [2.75, 3.05) is 32.1 Å². The summed E-state index contributed by atoms with van der Waals surface area (Å²) in [5, 5.41) is 0.740. The maximum absolute atomic E-state index is 13.1. The Hall–Kier alpha value is -2.25. The molecule has 0 unspecified atom stereocenters. The molecule has 0 atom stereocenters. The van der Waals surface area contributed by atoms with Crippen LogP contribution in [0.5, 0.6) is 0 Å². The average Bonchev–Trinajstić information content (AvgIpc) is 3.21. The zero-order valence-electron chi connectivity index (χ0n) is 16.0. The van der Waals surface area contributed by atoms with Crippen molar-refractivity contribution in [3.05, 3.63) is 41.5 Å². The summed E-state index contributed by atoms with van der Waals surface area (Å²) in [6.07, 6.45) is 4.31. The molecule has 2 aromatic heterocycles. The number of nitrogens with zero attached hydrogens (tertiary/aromatic N) is 5. The number of aromatic nitrogens is 3. The smallest absolute Gasteiger partial charge is 0.296 e. The number of amides is 1. The third-order valence-electron chi connectivity index (χ3n) is 4.41. The lowest BCUT2D eigenvalue weighted by molar-refractivity contribution is 0.0973. The van der Waals surface area contributed by atoms with Crippen LogP contribution in [0.4, 0.5) is 5.13 Å². The first-order valence-electron chi connectivity index (χ1n) is 8.69. The van der Waals surface area contributed by atoms with Crippen LogP contribution in [0, 0.1) is 13.8 Å². The van der Waals surface area contributed by atoms with Gasteiger partial charge < -0.3 is 9.47 Å². The molecule has 0 radical (unpaired) electrons. The van der Waals surface area contributed by atoms with Crippen molar-refractivity contribution >= 4 is 32.6 Å². The summed E-state index contributed by atoms with van der Waals surface area (Å²) in [7, 11) is 5.91. The second kappa shape index (κ2) is 7.55. The van der Waals surface area contributed by atoms with Gasteiger partial charge in [-0.05, 0) is 52.0 Å². The first-order chi connectivity index (χ1) is 12.4. The number of aryl methyl sites for hydroxylation is 3. The van der Waals surface area contributed by atoms with Crippen LogP contribution in [-0.4, -0.2) is 52.5 Å². The Morgan fingerprint density at radius 3 is 2.54 bits per heavy atom. The van der Waals surface area contributed by atoms with Gasteiger partial charge in [0.2, 0.25) is 0 Å². The molecule has 0 N–H and O–H groups in total. The molecule has 0 fully saturated rings. The van der Waals surface area contributed by atoms with Gasteiger partial charge in [0.25, 0.3) is 5.91 Å². The van der Waals surface area contributed by atoms with Gasteiger partial charge >= 0.3 is 0 Å². The van der Waals surface area contributed by atoms with Crippen molar-refractivity contribution in [3.8, 4) is 0 Å². The highest BCUT2D eigenvalue weighted by Crippen LogP contribution is 2.33. The normalized spacial score (nSPS) is 11.5. The minimum Gasteiger partial charge on any atom is -0.330 e. The molecule has 2 heterocycles. The van der Waals surface area contributed by atoms with E-state index in [1.807, 2.05) is 21.1 Å². The van der Waals surface area contributed by atoms with Crippen LogP contribution >= 0.6 is 11.3 Å². The van der Waals surface area contributed by atoms with Gasteiger partial charge in [-0.2, -0.15) is 0 Å². The molecule has 1 amide bonds. The predicted octanol–water partition coefficient (Wildman–Crippen LogP) is 3.25. The van der Waals surface area contributed by atoms with Crippen molar-refractivity contribution in [1.29, 1.82) is 0 Å². The number of carbonyl (C=O) groups is 1. The van der Waals surface area contributed by atoms with Crippen molar-refractivity contribution in [3.63, 3.8) is 0 Å². The van der Waals surface area contributed by atoms with E-state index in [0.717, 1.165) is 33.9 Å². The third-order valence-corrected chi connectivity index (χ3v) is 5.62. The highest BCUT2D eigenvalue weighted by molar-refractivity contribution is 7.22. The lowest BCUT2D eigenvalue weighted by Crippen LogP contribution is -2.35. The summed E-state index contributed by atoms with van der Waals surface area (Å²) in [4.78, 5) is 26.1. The Morgan fingerprint density at radius 1 is 1.19 bits per heavy atom. The van der Waals surface area contributed by atoms with Crippen LogP contribution < -0.4 is 4.90 Å². The van der Waals surface area contributed by atoms with Crippen LogP contribution in [0.1, 0.15) is 28.2 Å². The molecule has 6 nitrogen and oxygen atoms in total. The fourth-order valence-electron chi connectivity index (χ4n) is 2.88. The molecule has 0 spiro atoms. The monoisotopic (exact) mass is 371 g/mol. The molecule has 0 aliphatic heterocycles. The average molecular weight is 372 g/mol. The Morgan fingerprint density at radius 2 is 1.92 bits per heavy atom. The second-order valence-electron chi connectivity index (χ2n) is 6.85. The zero-order valence-corrected chi connectivity index (χ0v) is 16.8. The van der Waals surface area contributed by atoms with Crippen molar-refractivity contribution in [2.24, 2.45) is 7.05 Å². The van der Waals surface area contributed by atoms with Gasteiger partial charge in [0, 0.05) is 26.0 Å². The standard InChI is InChI=1S/C19H25N5OS/c1-13-7-8-14(2)16-15(13)21-19(26-16)24(11-6-10-22(3)4)18(25)17-20-9-12-23(17)5/h7-9,12H,6,10-11H2,1-5H3. The number of imidazole rings is 1. The lowest BCUT2D eigenvalue weighted by atomic mass is 10.1. The molecule has 3 aromatic rings. The van der Waals surface area contributed by atoms with Gasteiger partial charge in [0.15, 0.2) is 11.0 Å². The SMILES string of the molecule is Cc1ccc(C)c2sc(N(CCCN(C)C)C(=O)c3nccn3C)nc12. The van der Waals surface area contributed by atoms with Crippen molar-refractivity contribution in [2.45, 2.75) is 20.3 Å². The topological polar surface area (TPSA) is 54.3 Å². The Kier molecular flexibility index (Phi) is 5.38. The molecule has 26 heavy (non-hydrogen) atoms. The number of anilines is 1. The number of benzene rings is 1. The van der Waals surface area contributed by atoms with Gasteiger partial charge in [-0.3, -0.25) is 9.69 Å². The Labute approximate surface area is 158 Å². The predicted molar refractivity (Wildman–Crippen MR) is 107 cm³/mol. The summed E-state index contributed by atoms with van der Waals surface area (Å²) in [5.74, 6) is 0.327. The molecule has 0 bridgehead atoms. The van der Waals surface area contributed by atoms with E-state index in [0.29, 0.717) is 12.4 Å². The molecule has 0 aliphatic carbocycles. The van der Waals surface area contributed by atoms with E-state index in [1.54, 1.807) is 33.2 Å². The third kappa shape index (κ3) is 3.64. The molecule has 138 valence electrons. The number of carbonyl (C=O) groups excluding carboxylic acids is 1. The molecule has 1 aromatic carbocycles. The van der Waals surface area contributed by atoms with Crippen LogP contribution in [-0.2, 0) is 7.05 Å². The second-order valence-corrected chi connectivity index (χ2v) is 7.83. The molecular formula is C19H25N5OS. The van der Waals surface area contributed by atoms with E-state index in [-0.39, 0.29) is 5.91 Å². The highest BCUT2D eigenvalue weighted by atomic mass is 32.1. The maximum atomic E-state index is 13.1. The molecule has 7 heteroatoms. The van der Waals surface area contributed by atoms with E-state index < -0.39 is 0 Å². The maximum Gasteiger partial charge on any atom is 0.296 e. The van der Waals surface area contributed by atoms with Crippen LogP contribution in [0.2, 0.25) is 0 Å². The van der Waals surface area contributed by atoms with E-state index in [2.05, 4.69) is 35.9 Å². The van der Waals surface area contributed by atoms with Crippen LogP contribution in [0.25, 0.3) is 10.2 Å². The molecular weight excluding hydrogens is 346 g/mol. The molecule has 3 rings (SSSR count). The number of rotatable bonds is 6. The highest BCUT2D eigenvalue weighted by Gasteiger charge is 2.24. The van der Waals surface area contributed by atoms with Gasteiger partial charge in [0.1, 0.15) is 0 Å². The largest absolute Gasteiger partial charge is 0.330 e. The Bertz CT molecular complexity index is 888. The fraction of sp³-hybridized carbons (Fsp3) is 0.421. The minimum atomic E-state index is -0.106. The summed E-state index contributed by atoms with van der Waals surface area (Å²) in [6, 6.07) is 4.19. The van der Waals surface area contributed by atoms with Gasteiger partial charge in [-0.25, -0.2) is 9.97 Å². The number of thiazole rings is 1. The number of hydrogen-bond acceptors (Lipinski definition) is 5. The summed E-state index contributed by atoms with van der Waals surface area (Å²) in [5.41, 5.74) is 3.30. The van der Waals surface area contributed by atoms with E-state index in [1.165, 1.54) is 5.56 Å². The van der Waals surface area contributed by atoms with E-state index in [4.69, 9.17) is 4.98 Å². The summed E-state index contributed by atoms with van der Waals surface area (Å²) < 4.78 is 2.90. The first kappa shape index (κ1) is 18.5. The minimum absolute atomic E-state index is 0.106. The quantitative estimate of drug-likeness (QED) is 0.667. The molecule has 0 saturated carbocycles. The van der Waals surface area contributed by atoms with E-state index in [9.17, 15) is 4.79 Å². The fourth-order valence-corrected chi connectivity index (χ4v) is 4.02. The number of fused-ring (bicyclic) bond motifs is 1. The van der Waals surface area contributed by atoms with Crippen molar-refractivity contribution < 1.29 is 4.79 Å². The molecule has 0 saturated heterocycles. The van der Waals surface area contributed by atoms with Crippen LogP contribution in [0.3, 0.4) is 0 Å². The van der Waals surface area contributed by atoms with Gasteiger partial charge in [-0.1, -0.05) is 23.5 Å².